The molecule has 0 aromatic heterocycles. The number of nitrogens with zero attached hydrogens (tertiary/aromatic N) is 1. The lowest BCUT2D eigenvalue weighted by molar-refractivity contribution is 0.275. The third-order valence-corrected chi connectivity index (χ3v) is 2.81. The molecule has 0 unspecified atom stereocenters. The second-order valence-electron chi connectivity index (χ2n) is 4.71. The van der Waals surface area contributed by atoms with E-state index in [1.165, 1.54) is 6.54 Å². The Balaban J connectivity index is 2.39. The molecule has 0 aliphatic carbocycles. The molecular formula is C12H24N2. The molecule has 14 heavy (non-hydrogen) atoms. The lowest BCUT2D eigenvalue weighted by Crippen LogP contribution is -2.37. The van der Waals surface area contributed by atoms with Gasteiger partial charge in [0.15, 0.2) is 0 Å². The topological polar surface area (TPSA) is 15.3 Å². The van der Waals surface area contributed by atoms with E-state index in [4.69, 9.17) is 0 Å². The zero-order valence-electron chi connectivity index (χ0n) is 10.1. The molecular weight excluding hydrogens is 172 g/mol. The highest BCUT2D eigenvalue weighted by atomic mass is 15.1. The molecule has 1 fully saturated rings. The van der Waals surface area contributed by atoms with Gasteiger partial charge in [0.05, 0.1) is 0 Å². The summed E-state index contributed by atoms with van der Waals surface area (Å²) in [5.74, 6) is 0.771. The summed E-state index contributed by atoms with van der Waals surface area (Å²) in [5.41, 5.74) is 3.19. The summed E-state index contributed by atoms with van der Waals surface area (Å²) in [7, 11) is 0. The van der Waals surface area contributed by atoms with E-state index in [1.54, 1.807) is 11.1 Å². The Kier molecular flexibility index (Phi) is 4.63. The minimum atomic E-state index is 0.771. The van der Waals surface area contributed by atoms with Gasteiger partial charge >= 0.3 is 0 Å². The molecule has 0 spiro atoms. The van der Waals surface area contributed by atoms with Crippen LogP contribution in [0.5, 0.6) is 0 Å². The molecule has 0 aromatic rings. The fraction of sp³-hybridized carbons (Fsp3) is 0.833. The molecule has 0 amide bonds. The molecule has 2 nitrogen and oxygen atoms in total. The van der Waals surface area contributed by atoms with Crippen LogP contribution < -0.4 is 5.32 Å². The Morgan fingerprint density at radius 3 is 2.43 bits per heavy atom. The van der Waals surface area contributed by atoms with Crippen molar-refractivity contribution in [2.24, 2.45) is 5.92 Å². The third-order valence-electron chi connectivity index (χ3n) is 2.81. The first kappa shape index (κ1) is 11.7. The normalized spacial score (nSPS) is 16.3. The van der Waals surface area contributed by atoms with Gasteiger partial charge in [0.2, 0.25) is 0 Å². The number of hydrogen-bond donors (Lipinski definition) is 1. The van der Waals surface area contributed by atoms with E-state index >= 15 is 0 Å². The zero-order chi connectivity index (χ0) is 10.6. The Morgan fingerprint density at radius 2 is 2.07 bits per heavy atom. The number of rotatable bonds is 5. The maximum atomic E-state index is 3.30. The van der Waals surface area contributed by atoms with E-state index in [-0.39, 0.29) is 0 Å². The van der Waals surface area contributed by atoms with E-state index in [1.807, 2.05) is 0 Å². The van der Waals surface area contributed by atoms with Gasteiger partial charge in [-0.3, -0.25) is 4.90 Å². The number of likely N-dealkylation sites (N-methyl/N-ethyl adjacent to an activating group) is 1. The monoisotopic (exact) mass is 196 g/mol. The summed E-state index contributed by atoms with van der Waals surface area (Å²) in [4.78, 5) is 2.53. The molecule has 0 atom stereocenters. The first-order valence-electron chi connectivity index (χ1n) is 5.74. The zero-order valence-corrected chi connectivity index (χ0v) is 10.1. The van der Waals surface area contributed by atoms with Crippen molar-refractivity contribution in [1.29, 1.82) is 0 Å². The van der Waals surface area contributed by atoms with Crippen molar-refractivity contribution < 1.29 is 0 Å². The van der Waals surface area contributed by atoms with Crippen LogP contribution in [0.25, 0.3) is 0 Å². The highest BCUT2D eigenvalue weighted by Gasteiger charge is 2.13. The van der Waals surface area contributed by atoms with E-state index in [2.05, 4.69) is 37.9 Å². The van der Waals surface area contributed by atoms with Crippen molar-refractivity contribution in [1.82, 2.24) is 10.2 Å². The molecule has 1 heterocycles. The van der Waals surface area contributed by atoms with E-state index in [9.17, 15) is 0 Å². The highest BCUT2D eigenvalue weighted by molar-refractivity contribution is 5.22. The molecule has 82 valence electrons. The second kappa shape index (κ2) is 5.52. The maximum absolute atomic E-state index is 3.30. The van der Waals surface area contributed by atoms with E-state index < -0.39 is 0 Å². The minimum Gasteiger partial charge on any atom is -0.309 e. The lowest BCUT2D eigenvalue weighted by atomic mass is 10.0. The second-order valence-corrected chi connectivity index (χ2v) is 4.71. The van der Waals surface area contributed by atoms with Gasteiger partial charge in [-0.25, -0.2) is 0 Å². The smallest absolute Gasteiger partial charge is 0.0193 e. The summed E-state index contributed by atoms with van der Waals surface area (Å²) >= 11 is 0. The standard InChI is InChI=1S/C12H24N2/c1-5-14(8-10(2)3)9-11(4)12-6-13-7-12/h10,13H,5-9H2,1-4H3. The van der Waals surface area contributed by atoms with Crippen LogP contribution in [0, 0.1) is 5.92 Å². The van der Waals surface area contributed by atoms with Crippen molar-refractivity contribution in [3.8, 4) is 0 Å². The highest BCUT2D eigenvalue weighted by Crippen LogP contribution is 2.11. The lowest BCUT2D eigenvalue weighted by Gasteiger charge is -2.27. The van der Waals surface area contributed by atoms with Crippen LogP contribution in [-0.4, -0.2) is 37.6 Å². The quantitative estimate of drug-likeness (QED) is 0.675. The van der Waals surface area contributed by atoms with Crippen LogP contribution in [0.4, 0.5) is 0 Å². The molecule has 0 radical (unpaired) electrons. The van der Waals surface area contributed by atoms with Gasteiger partial charge in [-0.05, 0) is 25.0 Å². The van der Waals surface area contributed by atoms with Gasteiger partial charge in [-0.2, -0.15) is 0 Å². The molecule has 2 heteroatoms. The Morgan fingerprint density at radius 1 is 1.43 bits per heavy atom. The minimum absolute atomic E-state index is 0.771. The first-order valence-corrected chi connectivity index (χ1v) is 5.74. The van der Waals surface area contributed by atoms with Crippen LogP contribution in [0.2, 0.25) is 0 Å². The molecule has 0 bridgehead atoms. The van der Waals surface area contributed by atoms with Crippen molar-refractivity contribution in [3.05, 3.63) is 11.1 Å². The van der Waals surface area contributed by atoms with Crippen LogP contribution in [0.15, 0.2) is 11.1 Å². The van der Waals surface area contributed by atoms with Crippen molar-refractivity contribution in [2.75, 3.05) is 32.7 Å². The number of hydrogen-bond acceptors (Lipinski definition) is 2. The average Bonchev–Trinajstić information content (AvgIpc) is 1.98. The molecule has 1 rings (SSSR count). The molecule has 1 N–H and O–H groups in total. The fourth-order valence-electron chi connectivity index (χ4n) is 1.82. The van der Waals surface area contributed by atoms with Crippen LogP contribution >= 0.6 is 0 Å². The Bertz CT molecular complexity index is 200. The largest absolute Gasteiger partial charge is 0.309 e. The van der Waals surface area contributed by atoms with E-state index in [0.717, 1.165) is 32.1 Å². The number of nitrogens with one attached hydrogen (secondary N) is 1. The predicted molar refractivity (Wildman–Crippen MR) is 62.5 cm³/mol. The van der Waals surface area contributed by atoms with Crippen LogP contribution in [0.3, 0.4) is 0 Å². The van der Waals surface area contributed by atoms with Gasteiger partial charge in [0.1, 0.15) is 0 Å². The Hall–Kier alpha value is -0.340. The Labute approximate surface area is 88.4 Å². The SMILES string of the molecule is CCN(CC(C)=C1CNC1)CC(C)C. The van der Waals surface area contributed by atoms with Gasteiger partial charge in [0.25, 0.3) is 0 Å². The van der Waals surface area contributed by atoms with Crippen molar-refractivity contribution in [3.63, 3.8) is 0 Å². The van der Waals surface area contributed by atoms with E-state index in [0.29, 0.717) is 0 Å². The average molecular weight is 196 g/mol. The van der Waals surface area contributed by atoms with Crippen molar-refractivity contribution in [2.45, 2.75) is 27.7 Å². The molecule has 0 aromatic carbocycles. The summed E-state index contributed by atoms with van der Waals surface area (Å²) in [5, 5.41) is 3.30. The molecule has 1 aliphatic rings. The van der Waals surface area contributed by atoms with Crippen LogP contribution in [0.1, 0.15) is 27.7 Å². The summed E-state index contributed by atoms with van der Waals surface area (Å²) < 4.78 is 0. The summed E-state index contributed by atoms with van der Waals surface area (Å²) in [6, 6.07) is 0. The van der Waals surface area contributed by atoms with Gasteiger partial charge in [-0.1, -0.05) is 26.3 Å². The molecule has 1 saturated heterocycles. The van der Waals surface area contributed by atoms with Gasteiger partial charge in [0, 0.05) is 26.2 Å². The fourth-order valence-corrected chi connectivity index (χ4v) is 1.82. The predicted octanol–water partition coefficient (Wildman–Crippen LogP) is 1.88. The summed E-state index contributed by atoms with van der Waals surface area (Å²) in [6.07, 6.45) is 0. The molecule has 1 aliphatic heterocycles. The molecule has 0 saturated carbocycles. The van der Waals surface area contributed by atoms with Gasteiger partial charge in [-0.15, -0.1) is 0 Å². The van der Waals surface area contributed by atoms with Crippen LogP contribution in [-0.2, 0) is 0 Å². The first-order chi connectivity index (χ1) is 6.63. The van der Waals surface area contributed by atoms with Gasteiger partial charge < -0.3 is 5.32 Å². The maximum Gasteiger partial charge on any atom is 0.0193 e. The summed E-state index contributed by atoms with van der Waals surface area (Å²) in [6.45, 7) is 14.9. The van der Waals surface area contributed by atoms with Crippen molar-refractivity contribution >= 4 is 0 Å². The third kappa shape index (κ3) is 3.43.